The molecule has 1 aromatic heterocycles. The lowest BCUT2D eigenvalue weighted by molar-refractivity contribution is 0.628. The van der Waals surface area contributed by atoms with Crippen molar-refractivity contribution < 1.29 is 4.39 Å². The maximum absolute atomic E-state index is 13.0. The van der Waals surface area contributed by atoms with Gasteiger partial charge in [0.25, 0.3) is 0 Å². The zero-order valence-corrected chi connectivity index (χ0v) is 12.3. The summed E-state index contributed by atoms with van der Waals surface area (Å²) in [6, 6.07) is 14.1. The number of aryl methyl sites for hydroxylation is 1. The number of hydrogen-bond acceptors (Lipinski definition) is 2. The van der Waals surface area contributed by atoms with Crippen molar-refractivity contribution in [2.24, 2.45) is 0 Å². The number of hydrogen-bond donors (Lipinski definition) is 0. The summed E-state index contributed by atoms with van der Waals surface area (Å²) in [4.78, 5) is 5.62. The smallest absolute Gasteiger partial charge is 0.125 e. The minimum atomic E-state index is -0.234. The number of nitrogens with zero attached hydrogens (tertiary/aromatic N) is 1. The van der Waals surface area contributed by atoms with Gasteiger partial charge < -0.3 is 0 Å². The van der Waals surface area contributed by atoms with E-state index in [0.717, 1.165) is 26.7 Å². The molecule has 0 amide bonds. The summed E-state index contributed by atoms with van der Waals surface area (Å²) in [7, 11) is 0. The third kappa shape index (κ3) is 2.47. The summed E-state index contributed by atoms with van der Waals surface area (Å²) in [5.41, 5.74) is 2.83. The molecule has 1 nitrogen and oxygen atoms in total. The zero-order chi connectivity index (χ0) is 14.1. The average molecular weight is 304 g/mol. The molecule has 0 saturated carbocycles. The van der Waals surface area contributed by atoms with Gasteiger partial charge in [-0.1, -0.05) is 41.9 Å². The van der Waals surface area contributed by atoms with E-state index in [1.54, 1.807) is 23.5 Å². The topological polar surface area (TPSA) is 12.9 Å². The van der Waals surface area contributed by atoms with E-state index in [1.807, 2.05) is 31.2 Å². The van der Waals surface area contributed by atoms with E-state index >= 15 is 0 Å². The molecule has 100 valence electrons. The summed E-state index contributed by atoms with van der Waals surface area (Å²) in [6.07, 6.45) is 0. The molecule has 3 aromatic rings. The Labute approximate surface area is 125 Å². The number of rotatable bonds is 2. The van der Waals surface area contributed by atoms with E-state index < -0.39 is 0 Å². The summed E-state index contributed by atoms with van der Waals surface area (Å²) in [6.45, 7) is 1.95. The fraction of sp³-hybridized carbons (Fsp3) is 0.0625. The van der Waals surface area contributed by atoms with E-state index in [-0.39, 0.29) is 5.82 Å². The molecule has 20 heavy (non-hydrogen) atoms. The SMILES string of the molecule is Cc1nc(-c2ccccc2Cl)sc1-c1ccc(F)cc1. The quantitative estimate of drug-likeness (QED) is 0.602. The predicted octanol–water partition coefficient (Wildman–Crippen LogP) is 5.58. The fourth-order valence-corrected chi connectivity index (χ4v) is 3.41. The van der Waals surface area contributed by atoms with Gasteiger partial charge in [0.1, 0.15) is 10.8 Å². The molecule has 1 heterocycles. The van der Waals surface area contributed by atoms with Crippen LogP contribution in [0.15, 0.2) is 48.5 Å². The molecule has 0 aliphatic heterocycles. The molecule has 0 fully saturated rings. The molecule has 0 atom stereocenters. The van der Waals surface area contributed by atoms with Crippen molar-refractivity contribution >= 4 is 22.9 Å². The standard InChI is InChI=1S/C16H11ClFNS/c1-10-15(11-6-8-12(18)9-7-11)20-16(19-10)13-4-2-3-5-14(13)17/h2-9H,1H3. The second-order valence-corrected chi connectivity index (χ2v) is 5.83. The highest BCUT2D eigenvalue weighted by Crippen LogP contribution is 2.37. The Morgan fingerprint density at radius 2 is 1.75 bits per heavy atom. The average Bonchev–Trinajstić information content (AvgIpc) is 2.82. The molecule has 0 N–H and O–H groups in total. The molecular weight excluding hydrogens is 293 g/mol. The first-order valence-electron chi connectivity index (χ1n) is 6.13. The highest BCUT2D eigenvalue weighted by atomic mass is 35.5. The summed E-state index contributed by atoms with van der Waals surface area (Å²) in [5, 5.41) is 1.57. The van der Waals surface area contributed by atoms with Crippen molar-refractivity contribution in [3.8, 4) is 21.0 Å². The van der Waals surface area contributed by atoms with Gasteiger partial charge >= 0.3 is 0 Å². The Kier molecular flexibility index (Phi) is 3.55. The second-order valence-electron chi connectivity index (χ2n) is 4.42. The minimum Gasteiger partial charge on any atom is -0.241 e. The summed E-state index contributed by atoms with van der Waals surface area (Å²) < 4.78 is 13.0. The number of benzene rings is 2. The van der Waals surface area contributed by atoms with Gasteiger partial charge in [-0.15, -0.1) is 11.3 Å². The van der Waals surface area contributed by atoms with Gasteiger partial charge in [0.05, 0.1) is 15.6 Å². The largest absolute Gasteiger partial charge is 0.241 e. The van der Waals surface area contributed by atoms with Gasteiger partial charge in [-0.05, 0) is 30.7 Å². The Hall–Kier alpha value is -1.71. The maximum atomic E-state index is 13.0. The van der Waals surface area contributed by atoms with Crippen molar-refractivity contribution in [1.29, 1.82) is 0 Å². The van der Waals surface area contributed by atoms with Crippen molar-refractivity contribution in [2.45, 2.75) is 6.92 Å². The number of aromatic nitrogens is 1. The molecule has 0 radical (unpaired) electrons. The summed E-state index contributed by atoms with van der Waals surface area (Å²) >= 11 is 7.77. The van der Waals surface area contributed by atoms with E-state index in [0.29, 0.717) is 5.02 Å². The summed E-state index contributed by atoms with van der Waals surface area (Å²) in [5.74, 6) is -0.234. The zero-order valence-electron chi connectivity index (χ0n) is 10.7. The molecule has 0 unspecified atom stereocenters. The van der Waals surface area contributed by atoms with Gasteiger partial charge in [-0.25, -0.2) is 9.37 Å². The lowest BCUT2D eigenvalue weighted by Gasteiger charge is -1.98. The van der Waals surface area contributed by atoms with Crippen molar-refractivity contribution in [3.63, 3.8) is 0 Å². The van der Waals surface area contributed by atoms with Crippen molar-refractivity contribution in [2.75, 3.05) is 0 Å². The Bertz CT molecular complexity index is 749. The number of halogens is 2. The van der Waals surface area contributed by atoms with Crippen LogP contribution in [0.4, 0.5) is 4.39 Å². The Balaban J connectivity index is 2.08. The minimum absolute atomic E-state index is 0.234. The van der Waals surface area contributed by atoms with Crippen LogP contribution >= 0.6 is 22.9 Å². The van der Waals surface area contributed by atoms with Crippen LogP contribution in [0.3, 0.4) is 0 Å². The third-order valence-electron chi connectivity index (χ3n) is 3.01. The Morgan fingerprint density at radius 3 is 2.45 bits per heavy atom. The van der Waals surface area contributed by atoms with Crippen LogP contribution in [0, 0.1) is 12.7 Å². The molecule has 0 spiro atoms. The first-order chi connectivity index (χ1) is 9.65. The highest BCUT2D eigenvalue weighted by Gasteiger charge is 2.13. The van der Waals surface area contributed by atoms with Crippen LogP contribution in [-0.4, -0.2) is 4.98 Å². The van der Waals surface area contributed by atoms with Gasteiger partial charge in [-0.2, -0.15) is 0 Å². The van der Waals surface area contributed by atoms with Gasteiger partial charge in [0, 0.05) is 5.56 Å². The van der Waals surface area contributed by atoms with E-state index in [9.17, 15) is 4.39 Å². The molecule has 0 bridgehead atoms. The van der Waals surface area contributed by atoms with Crippen molar-refractivity contribution in [1.82, 2.24) is 4.98 Å². The van der Waals surface area contributed by atoms with Crippen LogP contribution in [0.25, 0.3) is 21.0 Å². The Morgan fingerprint density at radius 1 is 1.05 bits per heavy atom. The van der Waals surface area contributed by atoms with E-state index in [4.69, 9.17) is 11.6 Å². The first kappa shape index (κ1) is 13.3. The van der Waals surface area contributed by atoms with Gasteiger partial charge in [0.2, 0.25) is 0 Å². The molecule has 0 aliphatic carbocycles. The van der Waals surface area contributed by atoms with Gasteiger partial charge in [0.15, 0.2) is 0 Å². The van der Waals surface area contributed by atoms with Crippen LogP contribution in [0.2, 0.25) is 5.02 Å². The van der Waals surface area contributed by atoms with Crippen LogP contribution < -0.4 is 0 Å². The van der Waals surface area contributed by atoms with Crippen LogP contribution in [-0.2, 0) is 0 Å². The molecular formula is C16H11ClFNS. The van der Waals surface area contributed by atoms with E-state index in [1.165, 1.54) is 12.1 Å². The molecule has 4 heteroatoms. The van der Waals surface area contributed by atoms with E-state index in [2.05, 4.69) is 4.98 Å². The van der Waals surface area contributed by atoms with Crippen LogP contribution in [0.1, 0.15) is 5.69 Å². The molecule has 0 aliphatic rings. The molecule has 0 saturated heterocycles. The normalized spacial score (nSPS) is 10.8. The fourth-order valence-electron chi connectivity index (χ4n) is 2.02. The predicted molar refractivity (Wildman–Crippen MR) is 82.7 cm³/mol. The molecule has 3 rings (SSSR count). The van der Waals surface area contributed by atoms with Crippen LogP contribution in [0.5, 0.6) is 0 Å². The second kappa shape index (κ2) is 5.35. The lowest BCUT2D eigenvalue weighted by atomic mass is 10.1. The third-order valence-corrected chi connectivity index (χ3v) is 4.58. The number of thiazole rings is 1. The monoisotopic (exact) mass is 303 g/mol. The lowest BCUT2D eigenvalue weighted by Crippen LogP contribution is -1.80. The maximum Gasteiger partial charge on any atom is 0.125 e. The van der Waals surface area contributed by atoms with Gasteiger partial charge in [-0.3, -0.25) is 0 Å². The highest BCUT2D eigenvalue weighted by molar-refractivity contribution is 7.18. The molecule has 2 aromatic carbocycles. The van der Waals surface area contributed by atoms with Crippen molar-refractivity contribution in [3.05, 3.63) is 65.1 Å². The first-order valence-corrected chi connectivity index (χ1v) is 7.33.